The highest BCUT2D eigenvalue weighted by molar-refractivity contribution is 5.85. The predicted octanol–water partition coefficient (Wildman–Crippen LogP) is 1.35. The van der Waals surface area contributed by atoms with E-state index in [1.165, 1.54) is 6.92 Å². The van der Waals surface area contributed by atoms with Gasteiger partial charge >= 0.3 is 0 Å². The molecular weight excluding hydrogens is 156 g/mol. The summed E-state index contributed by atoms with van der Waals surface area (Å²) < 4.78 is 5.08. The van der Waals surface area contributed by atoms with Crippen LogP contribution in [-0.4, -0.2) is 24.3 Å². The summed E-state index contributed by atoms with van der Waals surface area (Å²) in [5.74, 6) is 0.0480. The largest absolute Gasteiger partial charge is 0.371 e. The van der Waals surface area contributed by atoms with Crippen molar-refractivity contribution in [2.24, 2.45) is 0 Å². The van der Waals surface area contributed by atoms with Crippen molar-refractivity contribution >= 4 is 11.6 Å². The molecule has 0 saturated heterocycles. The maximum atomic E-state index is 11.0. The summed E-state index contributed by atoms with van der Waals surface area (Å²) in [7, 11) is 0. The molecule has 0 aliphatic carbocycles. The van der Waals surface area contributed by atoms with Gasteiger partial charge in [-0.15, -0.1) is 0 Å². The van der Waals surface area contributed by atoms with Crippen molar-refractivity contribution < 1.29 is 14.3 Å². The fourth-order valence-corrected chi connectivity index (χ4v) is 0.647. The number of rotatable bonds is 6. The van der Waals surface area contributed by atoms with Gasteiger partial charge in [-0.1, -0.05) is 0 Å². The Hall–Kier alpha value is -0.700. The van der Waals surface area contributed by atoms with E-state index in [0.717, 1.165) is 0 Å². The number of Topliss-reactive ketones (excluding diaryl/α,β-unsaturated/α-hetero) is 2. The molecule has 0 bridgehead atoms. The number of carbonyl (C=O) groups excluding carboxylic acids is 2. The van der Waals surface area contributed by atoms with Gasteiger partial charge in [0.1, 0.15) is 12.4 Å². The van der Waals surface area contributed by atoms with Gasteiger partial charge in [-0.05, 0) is 20.8 Å². The normalized spacial score (nSPS) is 10.3. The highest BCUT2D eigenvalue weighted by atomic mass is 16.5. The quantitative estimate of drug-likeness (QED) is 0.607. The zero-order valence-electron chi connectivity index (χ0n) is 7.92. The fourth-order valence-electron chi connectivity index (χ4n) is 0.647. The van der Waals surface area contributed by atoms with E-state index < -0.39 is 0 Å². The van der Waals surface area contributed by atoms with Crippen molar-refractivity contribution in [2.45, 2.75) is 39.7 Å². The summed E-state index contributed by atoms with van der Waals surface area (Å²) >= 11 is 0. The molecule has 3 heteroatoms. The lowest BCUT2D eigenvalue weighted by molar-refractivity contribution is -0.127. The van der Waals surface area contributed by atoms with Crippen molar-refractivity contribution in [1.82, 2.24) is 0 Å². The standard InChI is InChI=1S/C9H16O3/c1-7(2)12-6-9(11)5-4-8(3)10/h7H,4-6H2,1-3H3. The Balaban J connectivity index is 3.40. The molecule has 0 saturated carbocycles. The molecule has 0 radical (unpaired) electrons. The van der Waals surface area contributed by atoms with E-state index in [0.29, 0.717) is 12.8 Å². The Bertz CT molecular complexity index is 161. The van der Waals surface area contributed by atoms with Gasteiger partial charge in [0.05, 0.1) is 6.10 Å². The topological polar surface area (TPSA) is 43.4 Å². The van der Waals surface area contributed by atoms with Crippen LogP contribution in [0.1, 0.15) is 33.6 Å². The third-order valence-corrected chi connectivity index (χ3v) is 1.33. The number of hydrogen-bond donors (Lipinski definition) is 0. The first kappa shape index (κ1) is 11.3. The monoisotopic (exact) mass is 172 g/mol. The summed E-state index contributed by atoms with van der Waals surface area (Å²) in [5.41, 5.74) is 0. The van der Waals surface area contributed by atoms with Crippen LogP contribution in [0.3, 0.4) is 0 Å². The summed E-state index contributed by atoms with van der Waals surface area (Å²) in [6.45, 7) is 5.36. The van der Waals surface area contributed by atoms with Crippen LogP contribution >= 0.6 is 0 Å². The van der Waals surface area contributed by atoms with Crippen LogP contribution in [0.15, 0.2) is 0 Å². The average molecular weight is 172 g/mol. The fraction of sp³-hybridized carbons (Fsp3) is 0.778. The third kappa shape index (κ3) is 7.41. The van der Waals surface area contributed by atoms with Crippen LogP contribution < -0.4 is 0 Å². The molecule has 0 amide bonds. The maximum Gasteiger partial charge on any atom is 0.158 e. The molecule has 0 unspecified atom stereocenters. The summed E-state index contributed by atoms with van der Waals surface area (Å²) in [5, 5.41) is 0. The van der Waals surface area contributed by atoms with Crippen molar-refractivity contribution in [3.63, 3.8) is 0 Å². The van der Waals surface area contributed by atoms with Gasteiger partial charge in [0.2, 0.25) is 0 Å². The van der Waals surface area contributed by atoms with Gasteiger partial charge in [0, 0.05) is 12.8 Å². The first-order chi connectivity index (χ1) is 5.52. The smallest absolute Gasteiger partial charge is 0.158 e. The van der Waals surface area contributed by atoms with Crippen molar-refractivity contribution in [3.05, 3.63) is 0 Å². The molecule has 3 nitrogen and oxygen atoms in total. The van der Waals surface area contributed by atoms with Crippen molar-refractivity contribution in [3.8, 4) is 0 Å². The van der Waals surface area contributed by atoms with Crippen LogP contribution in [0, 0.1) is 0 Å². The minimum atomic E-state index is -0.00102. The molecule has 0 aromatic carbocycles. The summed E-state index contributed by atoms with van der Waals surface area (Å²) in [4.78, 5) is 21.5. The van der Waals surface area contributed by atoms with Gasteiger partial charge in [0.15, 0.2) is 5.78 Å². The van der Waals surface area contributed by atoms with E-state index in [1.807, 2.05) is 13.8 Å². The van der Waals surface area contributed by atoms with Gasteiger partial charge in [0.25, 0.3) is 0 Å². The number of carbonyl (C=O) groups is 2. The Morgan fingerprint density at radius 3 is 2.25 bits per heavy atom. The molecule has 0 aliphatic rings. The van der Waals surface area contributed by atoms with Crippen molar-refractivity contribution in [1.29, 1.82) is 0 Å². The molecule has 12 heavy (non-hydrogen) atoms. The molecule has 70 valence electrons. The molecule has 0 N–H and O–H groups in total. The lowest BCUT2D eigenvalue weighted by Gasteiger charge is -2.05. The molecule has 0 aromatic heterocycles. The van der Waals surface area contributed by atoms with E-state index >= 15 is 0 Å². The zero-order chi connectivity index (χ0) is 9.56. The van der Waals surface area contributed by atoms with Crippen LogP contribution in [-0.2, 0) is 14.3 Å². The molecule has 0 atom stereocenters. The molecule has 0 fully saturated rings. The average Bonchev–Trinajstić information content (AvgIpc) is 1.96. The molecule has 0 aliphatic heterocycles. The number of ketones is 2. The molecule has 0 rings (SSSR count). The van der Waals surface area contributed by atoms with Crippen molar-refractivity contribution in [2.75, 3.05) is 6.61 Å². The molecule has 0 aromatic rings. The highest BCUT2D eigenvalue weighted by Crippen LogP contribution is 1.95. The first-order valence-electron chi connectivity index (χ1n) is 4.15. The lowest BCUT2D eigenvalue weighted by atomic mass is 10.2. The second-order valence-corrected chi connectivity index (χ2v) is 3.10. The molecular formula is C9H16O3. The predicted molar refractivity (Wildman–Crippen MR) is 46.0 cm³/mol. The van der Waals surface area contributed by atoms with E-state index in [9.17, 15) is 9.59 Å². The van der Waals surface area contributed by atoms with Crippen LogP contribution in [0.2, 0.25) is 0 Å². The number of hydrogen-bond acceptors (Lipinski definition) is 3. The SMILES string of the molecule is CC(=O)CCC(=O)COC(C)C. The lowest BCUT2D eigenvalue weighted by Crippen LogP contribution is -2.13. The summed E-state index contributed by atoms with van der Waals surface area (Å²) in [6.07, 6.45) is 0.716. The van der Waals surface area contributed by atoms with Gasteiger partial charge in [-0.3, -0.25) is 4.79 Å². The second kappa shape index (κ2) is 5.89. The van der Waals surface area contributed by atoms with Crippen LogP contribution in [0.5, 0.6) is 0 Å². The Labute approximate surface area is 73.1 Å². The Kier molecular flexibility index (Phi) is 5.54. The number of ether oxygens (including phenoxy) is 1. The molecule has 0 spiro atoms. The van der Waals surface area contributed by atoms with E-state index in [-0.39, 0.29) is 24.3 Å². The molecule has 0 heterocycles. The van der Waals surface area contributed by atoms with Crippen LogP contribution in [0.4, 0.5) is 0 Å². The first-order valence-corrected chi connectivity index (χ1v) is 4.15. The zero-order valence-corrected chi connectivity index (χ0v) is 7.92. The van der Waals surface area contributed by atoms with E-state index in [1.54, 1.807) is 0 Å². The Morgan fingerprint density at radius 1 is 1.25 bits per heavy atom. The van der Waals surface area contributed by atoms with Gasteiger partial charge < -0.3 is 9.53 Å². The van der Waals surface area contributed by atoms with Gasteiger partial charge in [-0.2, -0.15) is 0 Å². The highest BCUT2D eigenvalue weighted by Gasteiger charge is 2.04. The van der Waals surface area contributed by atoms with E-state index in [2.05, 4.69) is 0 Å². The van der Waals surface area contributed by atoms with E-state index in [4.69, 9.17) is 4.74 Å². The van der Waals surface area contributed by atoms with Gasteiger partial charge in [-0.25, -0.2) is 0 Å². The minimum absolute atomic E-state index is 0.00102. The third-order valence-electron chi connectivity index (χ3n) is 1.33. The summed E-state index contributed by atoms with van der Waals surface area (Å²) in [6, 6.07) is 0. The van der Waals surface area contributed by atoms with Crippen LogP contribution in [0.25, 0.3) is 0 Å². The minimum Gasteiger partial charge on any atom is -0.371 e. The Morgan fingerprint density at radius 2 is 1.83 bits per heavy atom. The second-order valence-electron chi connectivity index (χ2n) is 3.10. The maximum absolute atomic E-state index is 11.0.